The lowest BCUT2D eigenvalue weighted by Crippen LogP contribution is -2.39. The molecular formula is C13H20N2O. The van der Waals surface area contributed by atoms with Crippen molar-refractivity contribution in [1.82, 2.24) is 10.3 Å². The van der Waals surface area contributed by atoms with Gasteiger partial charge in [0.2, 0.25) is 0 Å². The molecule has 3 nitrogen and oxygen atoms in total. The Kier molecular flexibility index (Phi) is 4.31. The molecule has 0 aromatic carbocycles. The van der Waals surface area contributed by atoms with Gasteiger partial charge in [0.1, 0.15) is 0 Å². The molecule has 1 fully saturated rings. The van der Waals surface area contributed by atoms with Crippen LogP contribution in [-0.2, 0) is 6.54 Å². The molecule has 0 saturated heterocycles. The van der Waals surface area contributed by atoms with E-state index in [4.69, 9.17) is 0 Å². The summed E-state index contributed by atoms with van der Waals surface area (Å²) in [6.45, 7) is 1.11. The summed E-state index contributed by atoms with van der Waals surface area (Å²) in [7, 11) is 0. The van der Waals surface area contributed by atoms with Crippen LogP contribution in [0.15, 0.2) is 24.4 Å². The molecule has 88 valence electrons. The number of aliphatic hydroxyl groups is 1. The zero-order valence-electron chi connectivity index (χ0n) is 9.60. The first-order valence-electron chi connectivity index (χ1n) is 6.14. The third-order valence-electron chi connectivity index (χ3n) is 3.42. The number of nitrogens with one attached hydrogen (secondary N) is 1. The van der Waals surface area contributed by atoms with Crippen LogP contribution in [0, 0.1) is 5.92 Å². The first kappa shape index (κ1) is 11.6. The van der Waals surface area contributed by atoms with E-state index in [1.54, 1.807) is 0 Å². The molecule has 1 heterocycles. The normalized spacial score (nSPS) is 25.6. The minimum absolute atomic E-state index is 0.305. The van der Waals surface area contributed by atoms with Crippen molar-refractivity contribution in [1.29, 1.82) is 0 Å². The van der Waals surface area contributed by atoms with Crippen molar-refractivity contribution >= 4 is 0 Å². The van der Waals surface area contributed by atoms with Gasteiger partial charge in [0.15, 0.2) is 0 Å². The Hall–Kier alpha value is -0.930. The van der Waals surface area contributed by atoms with Gasteiger partial charge in [-0.1, -0.05) is 18.9 Å². The molecule has 1 aliphatic carbocycles. The Morgan fingerprint density at radius 1 is 1.31 bits per heavy atom. The minimum atomic E-state index is 0.305. The first-order valence-corrected chi connectivity index (χ1v) is 6.14. The molecule has 0 aliphatic heterocycles. The van der Waals surface area contributed by atoms with E-state index in [9.17, 15) is 5.11 Å². The maximum atomic E-state index is 9.30. The highest BCUT2D eigenvalue weighted by Gasteiger charge is 2.23. The van der Waals surface area contributed by atoms with Crippen LogP contribution in [0.2, 0.25) is 0 Å². The molecular weight excluding hydrogens is 200 g/mol. The third-order valence-corrected chi connectivity index (χ3v) is 3.42. The monoisotopic (exact) mass is 220 g/mol. The Balaban J connectivity index is 1.84. The zero-order valence-corrected chi connectivity index (χ0v) is 9.60. The predicted molar refractivity (Wildman–Crippen MR) is 63.9 cm³/mol. The van der Waals surface area contributed by atoms with Crippen LogP contribution in [0.5, 0.6) is 0 Å². The minimum Gasteiger partial charge on any atom is -0.396 e. The Morgan fingerprint density at radius 2 is 2.19 bits per heavy atom. The molecule has 2 N–H and O–H groups in total. The van der Waals surface area contributed by atoms with Crippen LogP contribution in [0.1, 0.15) is 31.4 Å². The second kappa shape index (κ2) is 5.97. The molecule has 2 atom stereocenters. The van der Waals surface area contributed by atoms with Crippen LogP contribution >= 0.6 is 0 Å². The van der Waals surface area contributed by atoms with E-state index in [2.05, 4.69) is 10.3 Å². The molecule has 0 radical (unpaired) electrons. The second-order valence-electron chi connectivity index (χ2n) is 4.54. The number of nitrogens with zero attached hydrogens (tertiary/aromatic N) is 1. The average molecular weight is 220 g/mol. The highest BCUT2D eigenvalue weighted by Crippen LogP contribution is 2.24. The van der Waals surface area contributed by atoms with E-state index < -0.39 is 0 Å². The summed E-state index contributed by atoms with van der Waals surface area (Å²) in [6.07, 6.45) is 6.68. The van der Waals surface area contributed by atoms with Crippen molar-refractivity contribution in [3.05, 3.63) is 30.1 Å². The highest BCUT2D eigenvalue weighted by molar-refractivity contribution is 5.03. The lowest BCUT2D eigenvalue weighted by molar-refractivity contribution is 0.152. The molecule has 1 saturated carbocycles. The molecule has 1 aliphatic rings. The standard InChI is InChI=1S/C13H20N2O/c16-10-11-5-1-2-7-13(11)15-9-12-6-3-4-8-14-12/h3-4,6,8,11,13,15-16H,1-2,5,7,9-10H2. The van der Waals surface area contributed by atoms with Gasteiger partial charge in [-0.2, -0.15) is 0 Å². The van der Waals surface area contributed by atoms with Crippen molar-refractivity contribution in [3.8, 4) is 0 Å². The van der Waals surface area contributed by atoms with E-state index in [-0.39, 0.29) is 0 Å². The molecule has 2 rings (SSSR count). The largest absolute Gasteiger partial charge is 0.396 e. The lowest BCUT2D eigenvalue weighted by atomic mass is 9.85. The smallest absolute Gasteiger partial charge is 0.0541 e. The summed E-state index contributed by atoms with van der Waals surface area (Å²) >= 11 is 0. The van der Waals surface area contributed by atoms with E-state index in [1.165, 1.54) is 19.3 Å². The van der Waals surface area contributed by atoms with Crippen LogP contribution in [0.3, 0.4) is 0 Å². The topological polar surface area (TPSA) is 45.1 Å². The molecule has 3 heteroatoms. The second-order valence-corrected chi connectivity index (χ2v) is 4.54. The van der Waals surface area contributed by atoms with Gasteiger partial charge in [-0.05, 0) is 30.9 Å². The number of aliphatic hydroxyl groups excluding tert-OH is 1. The molecule has 1 aromatic rings. The number of hydrogen-bond donors (Lipinski definition) is 2. The number of hydrogen-bond acceptors (Lipinski definition) is 3. The molecule has 0 spiro atoms. The van der Waals surface area contributed by atoms with Gasteiger partial charge in [0.05, 0.1) is 5.69 Å². The maximum absolute atomic E-state index is 9.30. The number of pyridine rings is 1. The Labute approximate surface area is 96.9 Å². The van der Waals surface area contributed by atoms with Gasteiger partial charge >= 0.3 is 0 Å². The van der Waals surface area contributed by atoms with Crippen molar-refractivity contribution < 1.29 is 5.11 Å². The quantitative estimate of drug-likeness (QED) is 0.812. The fraction of sp³-hybridized carbons (Fsp3) is 0.615. The van der Waals surface area contributed by atoms with E-state index >= 15 is 0 Å². The average Bonchev–Trinajstić information content (AvgIpc) is 2.38. The molecule has 0 amide bonds. The Bertz CT molecular complexity index is 302. The summed E-state index contributed by atoms with van der Waals surface area (Å²) < 4.78 is 0. The van der Waals surface area contributed by atoms with E-state index in [1.807, 2.05) is 24.4 Å². The van der Waals surface area contributed by atoms with Crippen LogP contribution < -0.4 is 5.32 Å². The summed E-state index contributed by atoms with van der Waals surface area (Å²) in [6, 6.07) is 6.43. The van der Waals surface area contributed by atoms with Crippen molar-refractivity contribution in [3.63, 3.8) is 0 Å². The summed E-state index contributed by atoms with van der Waals surface area (Å²) in [5.74, 6) is 0.428. The van der Waals surface area contributed by atoms with Crippen molar-refractivity contribution in [2.45, 2.75) is 38.3 Å². The Morgan fingerprint density at radius 3 is 2.94 bits per heavy atom. The van der Waals surface area contributed by atoms with Gasteiger partial charge in [-0.25, -0.2) is 0 Å². The van der Waals surface area contributed by atoms with Crippen LogP contribution in [0.4, 0.5) is 0 Å². The molecule has 1 aromatic heterocycles. The van der Waals surface area contributed by atoms with Crippen molar-refractivity contribution in [2.24, 2.45) is 5.92 Å². The molecule has 2 unspecified atom stereocenters. The summed E-state index contributed by atoms with van der Waals surface area (Å²) in [5, 5.41) is 12.8. The van der Waals surface area contributed by atoms with Gasteiger partial charge in [-0.3, -0.25) is 4.98 Å². The SMILES string of the molecule is OCC1CCCCC1NCc1ccccn1. The third kappa shape index (κ3) is 3.03. The van der Waals surface area contributed by atoms with Crippen molar-refractivity contribution in [2.75, 3.05) is 6.61 Å². The first-order chi connectivity index (χ1) is 7.90. The molecule has 0 bridgehead atoms. The van der Waals surface area contributed by atoms with Gasteiger partial charge < -0.3 is 10.4 Å². The van der Waals surface area contributed by atoms with Gasteiger partial charge in [-0.15, -0.1) is 0 Å². The maximum Gasteiger partial charge on any atom is 0.0541 e. The number of rotatable bonds is 4. The fourth-order valence-electron chi connectivity index (χ4n) is 2.43. The van der Waals surface area contributed by atoms with E-state index in [0.29, 0.717) is 18.6 Å². The zero-order chi connectivity index (χ0) is 11.2. The lowest BCUT2D eigenvalue weighted by Gasteiger charge is -2.30. The van der Waals surface area contributed by atoms with Crippen LogP contribution in [-0.4, -0.2) is 22.7 Å². The molecule has 16 heavy (non-hydrogen) atoms. The highest BCUT2D eigenvalue weighted by atomic mass is 16.3. The fourth-order valence-corrected chi connectivity index (χ4v) is 2.43. The van der Waals surface area contributed by atoms with Crippen LogP contribution in [0.25, 0.3) is 0 Å². The van der Waals surface area contributed by atoms with E-state index in [0.717, 1.165) is 18.7 Å². The predicted octanol–water partition coefficient (Wildman–Crippen LogP) is 1.72. The number of aromatic nitrogens is 1. The van der Waals surface area contributed by atoms with Gasteiger partial charge in [0, 0.05) is 25.4 Å². The van der Waals surface area contributed by atoms with Gasteiger partial charge in [0.25, 0.3) is 0 Å². The summed E-state index contributed by atoms with van der Waals surface area (Å²) in [5.41, 5.74) is 1.07. The summed E-state index contributed by atoms with van der Waals surface area (Å²) in [4.78, 5) is 4.29.